The summed E-state index contributed by atoms with van der Waals surface area (Å²) >= 11 is 1.78. The molecule has 4 rings (SSSR count). The lowest BCUT2D eigenvalue weighted by atomic mass is 10.1. The third kappa shape index (κ3) is 4.86. The van der Waals surface area contributed by atoms with E-state index in [2.05, 4.69) is 29.8 Å². The SMILES string of the molecule is C[C@H](NC(=O)c1ccc(Oc2ccccc2)cc1)[C@@H](c1cccs1)[NH+]1CCCC1. The van der Waals surface area contributed by atoms with Crippen LogP contribution in [0.2, 0.25) is 0 Å². The van der Waals surface area contributed by atoms with Gasteiger partial charge in [-0.05, 0) is 54.8 Å². The van der Waals surface area contributed by atoms with E-state index in [1.54, 1.807) is 16.2 Å². The third-order valence-corrected chi connectivity index (χ3v) is 6.44. The van der Waals surface area contributed by atoms with Crippen LogP contribution in [-0.2, 0) is 0 Å². The van der Waals surface area contributed by atoms with Crippen molar-refractivity contribution in [2.75, 3.05) is 13.1 Å². The minimum absolute atomic E-state index is 0.0380. The normalized spacial score (nSPS) is 16.3. The first-order valence-electron chi connectivity index (χ1n) is 10.2. The quantitative estimate of drug-likeness (QED) is 0.620. The summed E-state index contributed by atoms with van der Waals surface area (Å²) in [5.74, 6) is 1.47. The molecule has 29 heavy (non-hydrogen) atoms. The largest absolute Gasteiger partial charge is 0.457 e. The van der Waals surface area contributed by atoms with Crippen LogP contribution in [0, 0.1) is 0 Å². The van der Waals surface area contributed by atoms with Gasteiger partial charge in [-0.2, -0.15) is 0 Å². The molecule has 0 unspecified atom stereocenters. The van der Waals surface area contributed by atoms with Crippen LogP contribution in [0.3, 0.4) is 0 Å². The van der Waals surface area contributed by atoms with Gasteiger partial charge in [0.25, 0.3) is 5.91 Å². The van der Waals surface area contributed by atoms with Crippen LogP contribution in [0.5, 0.6) is 11.5 Å². The Morgan fingerprint density at radius 3 is 2.31 bits per heavy atom. The number of likely N-dealkylation sites (tertiary alicyclic amines) is 1. The first-order valence-corrected chi connectivity index (χ1v) is 11.1. The van der Waals surface area contributed by atoms with Gasteiger partial charge in [0.1, 0.15) is 17.5 Å². The molecular weight excluding hydrogens is 380 g/mol. The number of thiophene rings is 1. The van der Waals surface area contributed by atoms with Crippen molar-refractivity contribution in [3.05, 3.63) is 82.6 Å². The van der Waals surface area contributed by atoms with Crippen molar-refractivity contribution in [1.29, 1.82) is 0 Å². The Morgan fingerprint density at radius 1 is 0.966 bits per heavy atom. The molecule has 150 valence electrons. The molecule has 1 fully saturated rings. The minimum Gasteiger partial charge on any atom is -0.457 e. The van der Waals surface area contributed by atoms with Crippen molar-refractivity contribution in [2.45, 2.75) is 31.8 Å². The lowest BCUT2D eigenvalue weighted by Gasteiger charge is -2.29. The molecule has 1 saturated heterocycles. The number of ether oxygens (including phenoxy) is 1. The number of hydrogen-bond donors (Lipinski definition) is 2. The van der Waals surface area contributed by atoms with Gasteiger partial charge in [0.2, 0.25) is 0 Å². The van der Waals surface area contributed by atoms with Gasteiger partial charge in [0, 0.05) is 18.4 Å². The molecule has 3 aromatic rings. The van der Waals surface area contributed by atoms with E-state index in [-0.39, 0.29) is 11.9 Å². The van der Waals surface area contributed by atoms with Crippen LogP contribution < -0.4 is 15.0 Å². The Hall–Kier alpha value is -2.63. The molecule has 4 nitrogen and oxygen atoms in total. The zero-order valence-corrected chi connectivity index (χ0v) is 17.5. The standard InChI is InChI=1S/C24H26N2O2S/c1-18(23(22-10-7-17-29-22)26-15-5-6-16-26)25-24(27)19-11-13-21(14-12-19)28-20-8-3-2-4-9-20/h2-4,7-14,17-18,23H,5-6,15-16H2,1H3,(H,25,27)/p+1/t18-,23-/m0/s1. The predicted octanol–water partition coefficient (Wildman–Crippen LogP) is 4.08. The van der Waals surface area contributed by atoms with E-state index < -0.39 is 0 Å². The highest BCUT2D eigenvalue weighted by molar-refractivity contribution is 7.10. The number of nitrogens with one attached hydrogen (secondary N) is 2. The Morgan fingerprint density at radius 2 is 1.66 bits per heavy atom. The van der Waals surface area contributed by atoms with Gasteiger partial charge < -0.3 is 15.0 Å². The van der Waals surface area contributed by atoms with Crippen LogP contribution in [-0.4, -0.2) is 25.0 Å². The minimum atomic E-state index is -0.0380. The van der Waals surface area contributed by atoms with E-state index in [1.807, 2.05) is 54.6 Å². The van der Waals surface area contributed by atoms with Gasteiger partial charge in [0.15, 0.2) is 0 Å². The van der Waals surface area contributed by atoms with Gasteiger partial charge in [-0.15, -0.1) is 11.3 Å². The van der Waals surface area contributed by atoms with E-state index in [9.17, 15) is 4.79 Å². The fourth-order valence-electron chi connectivity index (χ4n) is 4.08. The molecule has 2 aromatic carbocycles. The summed E-state index contributed by atoms with van der Waals surface area (Å²) in [7, 11) is 0. The van der Waals surface area contributed by atoms with Crippen molar-refractivity contribution >= 4 is 17.2 Å². The number of para-hydroxylation sites is 1. The van der Waals surface area contributed by atoms with Crippen LogP contribution in [0.4, 0.5) is 0 Å². The van der Waals surface area contributed by atoms with Gasteiger partial charge >= 0.3 is 0 Å². The second kappa shape index (κ2) is 9.25. The van der Waals surface area contributed by atoms with E-state index in [1.165, 1.54) is 30.8 Å². The highest BCUT2D eigenvalue weighted by atomic mass is 32.1. The molecule has 1 aliphatic rings. The van der Waals surface area contributed by atoms with Crippen molar-refractivity contribution in [2.24, 2.45) is 0 Å². The number of carbonyl (C=O) groups excluding carboxylic acids is 1. The first kappa shape index (κ1) is 19.7. The van der Waals surface area contributed by atoms with Crippen LogP contribution in [0.1, 0.15) is 41.0 Å². The molecule has 1 aliphatic heterocycles. The number of hydrogen-bond acceptors (Lipinski definition) is 3. The van der Waals surface area contributed by atoms with Gasteiger partial charge in [0.05, 0.1) is 24.0 Å². The summed E-state index contributed by atoms with van der Waals surface area (Å²) in [6.45, 7) is 4.48. The smallest absolute Gasteiger partial charge is 0.251 e. The molecule has 0 saturated carbocycles. The van der Waals surface area contributed by atoms with Gasteiger partial charge in [-0.25, -0.2) is 0 Å². The van der Waals surface area contributed by atoms with E-state index in [4.69, 9.17) is 4.74 Å². The average Bonchev–Trinajstić information content (AvgIpc) is 3.44. The first-order chi connectivity index (χ1) is 14.2. The zero-order valence-electron chi connectivity index (χ0n) is 16.6. The van der Waals surface area contributed by atoms with E-state index in [0.717, 1.165) is 11.5 Å². The van der Waals surface area contributed by atoms with Crippen molar-refractivity contribution in [1.82, 2.24) is 5.32 Å². The molecule has 2 N–H and O–H groups in total. The van der Waals surface area contributed by atoms with Crippen LogP contribution in [0.25, 0.3) is 0 Å². The second-order valence-electron chi connectivity index (χ2n) is 7.56. The summed E-state index contributed by atoms with van der Waals surface area (Å²) in [6.07, 6.45) is 2.53. The highest BCUT2D eigenvalue weighted by Gasteiger charge is 2.33. The molecule has 0 bridgehead atoms. The molecule has 2 heterocycles. The highest BCUT2D eigenvalue weighted by Crippen LogP contribution is 2.23. The van der Waals surface area contributed by atoms with Crippen LogP contribution in [0.15, 0.2) is 72.1 Å². The number of carbonyl (C=O) groups is 1. The molecular formula is C24H27N2O2S+. The second-order valence-corrected chi connectivity index (χ2v) is 8.54. The van der Waals surface area contributed by atoms with Crippen LogP contribution >= 0.6 is 11.3 Å². The fourth-order valence-corrected chi connectivity index (χ4v) is 5.07. The Balaban J connectivity index is 1.42. The molecule has 5 heteroatoms. The maximum Gasteiger partial charge on any atom is 0.251 e. The average molecular weight is 408 g/mol. The summed E-state index contributed by atoms with van der Waals surface area (Å²) in [6, 6.07) is 21.6. The molecule has 0 aliphatic carbocycles. The summed E-state index contributed by atoms with van der Waals surface area (Å²) in [5, 5.41) is 5.36. The van der Waals surface area contributed by atoms with Crippen molar-refractivity contribution in [3.63, 3.8) is 0 Å². The monoisotopic (exact) mass is 407 g/mol. The lowest BCUT2D eigenvalue weighted by molar-refractivity contribution is -0.920. The van der Waals surface area contributed by atoms with Gasteiger partial charge in [-0.1, -0.05) is 24.3 Å². The Labute approximate surface area is 176 Å². The van der Waals surface area contributed by atoms with Gasteiger partial charge in [-0.3, -0.25) is 4.79 Å². The number of quaternary nitrogens is 1. The Kier molecular flexibility index (Phi) is 6.27. The molecule has 0 spiro atoms. The topological polar surface area (TPSA) is 42.8 Å². The number of amides is 1. The maximum atomic E-state index is 12.9. The summed E-state index contributed by atoms with van der Waals surface area (Å²) < 4.78 is 5.82. The summed E-state index contributed by atoms with van der Waals surface area (Å²) in [5.41, 5.74) is 0.651. The predicted molar refractivity (Wildman–Crippen MR) is 117 cm³/mol. The third-order valence-electron chi connectivity index (χ3n) is 5.49. The molecule has 0 radical (unpaired) electrons. The van der Waals surface area contributed by atoms with E-state index >= 15 is 0 Å². The van der Waals surface area contributed by atoms with E-state index in [0.29, 0.717) is 11.6 Å². The maximum absolute atomic E-state index is 12.9. The number of rotatable bonds is 7. The molecule has 1 amide bonds. The Bertz CT molecular complexity index is 904. The van der Waals surface area contributed by atoms with Crippen molar-refractivity contribution in [3.8, 4) is 11.5 Å². The zero-order chi connectivity index (χ0) is 20.1. The lowest BCUT2D eigenvalue weighted by Crippen LogP contribution is -3.11. The number of benzene rings is 2. The van der Waals surface area contributed by atoms with Crippen molar-refractivity contribution < 1.29 is 14.4 Å². The summed E-state index contributed by atoms with van der Waals surface area (Å²) in [4.78, 5) is 15.8. The molecule has 1 aromatic heterocycles. The molecule has 2 atom stereocenters. The fraction of sp³-hybridized carbons (Fsp3) is 0.292.